The highest BCUT2D eigenvalue weighted by molar-refractivity contribution is 6.04. The van der Waals surface area contributed by atoms with Gasteiger partial charge in [-0.3, -0.25) is 14.0 Å². The summed E-state index contributed by atoms with van der Waals surface area (Å²) in [6.45, 7) is 4.33. The Hall–Kier alpha value is -4.74. The average Bonchev–Trinajstić information content (AvgIpc) is 3.66. The summed E-state index contributed by atoms with van der Waals surface area (Å²) >= 11 is 0. The van der Waals surface area contributed by atoms with Crippen molar-refractivity contribution < 1.29 is 22.8 Å². The molecule has 2 unspecified atom stereocenters. The van der Waals surface area contributed by atoms with Gasteiger partial charge in [0.1, 0.15) is 28.7 Å². The number of hydrogen-bond donors (Lipinski definition) is 2. The lowest BCUT2D eigenvalue weighted by atomic mass is 9.93. The highest BCUT2D eigenvalue weighted by Gasteiger charge is 2.48. The minimum atomic E-state index is -4.56. The van der Waals surface area contributed by atoms with Gasteiger partial charge in [0.05, 0.1) is 11.6 Å². The maximum atomic E-state index is 13.0. The molecule has 0 radical (unpaired) electrons. The Morgan fingerprint density at radius 2 is 1.88 bits per heavy atom. The monoisotopic (exact) mass is 561 g/mol. The number of nitrogens with two attached hydrogens (primary N) is 1. The molecule has 1 aromatic carbocycles. The number of aromatic nitrogens is 4. The van der Waals surface area contributed by atoms with E-state index in [1.54, 1.807) is 36.7 Å². The minimum absolute atomic E-state index is 0.143. The Bertz CT molecular complexity index is 1670. The Morgan fingerprint density at radius 1 is 1.10 bits per heavy atom. The van der Waals surface area contributed by atoms with E-state index in [0.717, 1.165) is 37.6 Å². The van der Waals surface area contributed by atoms with E-state index in [4.69, 9.17) is 10.7 Å². The van der Waals surface area contributed by atoms with E-state index in [-0.39, 0.29) is 35.1 Å². The fraction of sp³-hybridized carbons (Fsp3) is 0.276. The van der Waals surface area contributed by atoms with Gasteiger partial charge in [-0.05, 0) is 55.0 Å². The van der Waals surface area contributed by atoms with Crippen LogP contribution in [-0.4, -0.2) is 42.6 Å². The highest BCUT2D eigenvalue weighted by Crippen LogP contribution is 2.50. The van der Waals surface area contributed by atoms with Crippen molar-refractivity contribution in [1.29, 1.82) is 0 Å². The molecule has 6 rings (SSSR count). The lowest BCUT2D eigenvalue weighted by Crippen LogP contribution is -2.32. The van der Waals surface area contributed by atoms with Crippen LogP contribution in [0.4, 0.5) is 24.8 Å². The smallest absolute Gasteiger partial charge is 0.382 e. The molecule has 3 aromatic heterocycles. The van der Waals surface area contributed by atoms with Gasteiger partial charge in [-0.15, -0.1) is 0 Å². The molecule has 3 N–H and O–H groups in total. The Morgan fingerprint density at radius 3 is 2.61 bits per heavy atom. The lowest BCUT2D eigenvalue weighted by Gasteiger charge is -2.26. The van der Waals surface area contributed by atoms with Crippen molar-refractivity contribution in [3.63, 3.8) is 0 Å². The number of nitrogen functional groups attached to an aromatic ring is 1. The third-order valence-electron chi connectivity index (χ3n) is 7.97. The molecule has 1 aliphatic carbocycles. The fourth-order valence-corrected chi connectivity index (χ4v) is 6.12. The van der Waals surface area contributed by atoms with Gasteiger partial charge in [0.15, 0.2) is 0 Å². The summed E-state index contributed by atoms with van der Waals surface area (Å²) < 4.78 is 41.0. The second-order valence-electron chi connectivity index (χ2n) is 10.3. The first-order chi connectivity index (χ1) is 19.7. The molecular weight excluding hydrogens is 535 g/mol. The summed E-state index contributed by atoms with van der Waals surface area (Å²) in [5.41, 5.74) is 7.41. The van der Waals surface area contributed by atoms with Crippen molar-refractivity contribution in [2.45, 2.75) is 31.5 Å². The molecule has 210 valence electrons. The van der Waals surface area contributed by atoms with Crippen LogP contribution < -0.4 is 11.1 Å². The Balaban J connectivity index is 1.34. The zero-order valence-electron chi connectivity index (χ0n) is 21.8. The van der Waals surface area contributed by atoms with Gasteiger partial charge in [0.2, 0.25) is 5.91 Å². The fourth-order valence-electron chi connectivity index (χ4n) is 6.12. The summed E-state index contributed by atoms with van der Waals surface area (Å²) in [5.74, 6) is 0.641. The topological polar surface area (TPSA) is 119 Å². The Kier molecular flexibility index (Phi) is 6.47. The molecule has 4 aromatic rings. The van der Waals surface area contributed by atoms with Crippen LogP contribution >= 0.6 is 0 Å². The number of imidazole rings is 1. The van der Waals surface area contributed by atoms with Crippen LogP contribution in [0.3, 0.4) is 0 Å². The number of hydrogen-bond acceptors (Lipinski definition) is 6. The van der Waals surface area contributed by atoms with E-state index >= 15 is 0 Å². The number of pyridine rings is 1. The van der Waals surface area contributed by atoms with Crippen molar-refractivity contribution in [2.24, 2.45) is 11.8 Å². The van der Waals surface area contributed by atoms with Crippen LogP contribution in [0.25, 0.3) is 16.8 Å². The van der Waals surface area contributed by atoms with Crippen LogP contribution in [0.1, 0.15) is 47.1 Å². The van der Waals surface area contributed by atoms with Gasteiger partial charge >= 0.3 is 6.18 Å². The summed E-state index contributed by atoms with van der Waals surface area (Å²) in [7, 11) is 0. The Labute approximate surface area is 232 Å². The summed E-state index contributed by atoms with van der Waals surface area (Å²) in [6, 6.07) is 7.83. The normalized spacial score (nSPS) is 20.3. The molecule has 2 fully saturated rings. The van der Waals surface area contributed by atoms with Crippen LogP contribution in [0.15, 0.2) is 67.6 Å². The second kappa shape index (κ2) is 10.0. The van der Waals surface area contributed by atoms with Crippen molar-refractivity contribution in [3.8, 4) is 11.3 Å². The van der Waals surface area contributed by atoms with E-state index in [1.807, 2.05) is 9.30 Å². The molecule has 41 heavy (non-hydrogen) atoms. The van der Waals surface area contributed by atoms with Crippen molar-refractivity contribution in [1.82, 2.24) is 24.3 Å². The maximum Gasteiger partial charge on any atom is 0.416 e. The number of likely N-dealkylation sites (tertiary alicyclic amines) is 1. The number of nitrogens with zero attached hydrogens (tertiary/aromatic N) is 5. The lowest BCUT2D eigenvalue weighted by molar-refractivity contribution is -0.137. The predicted octanol–water partition coefficient (Wildman–Crippen LogP) is 5.13. The number of benzene rings is 1. The van der Waals surface area contributed by atoms with E-state index in [9.17, 15) is 22.8 Å². The summed E-state index contributed by atoms with van der Waals surface area (Å²) in [6.07, 6.45) is 4.28. The van der Waals surface area contributed by atoms with Gasteiger partial charge in [-0.1, -0.05) is 25.1 Å². The first-order valence-corrected chi connectivity index (χ1v) is 13.2. The maximum absolute atomic E-state index is 13.0. The molecule has 0 spiro atoms. The zero-order chi connectivity index (χ0) is 28.9. The van der Waals surface area contributed by atoms with Crippen molar-refractivity contribution >= 4 is 29.0 Å². The quantitative estimate of drug-likeness (QED) is 0.326. The van der Waals surface area contributed by atoms with Crippen LogP contribution in [0.2, 0.25) is 0 Å². The number of carbonyl (C=O) groups is 2. The molecule has 1 aliphatic heterocycles. The van der Waals surface area contributed by atoms with Crippen molar-refractivity contribution in [2.75, 3.05) is 17.6 Å². The number of nitrogens with one attached hydrogen (secondary N) is 1. The molecule has 12 heteroatoms. The summed E-state index contributed by atoms with van der Waals surface area (Å²) in [5, 5.41) is 2.41. The third kappa shape index (κ3) is 4.68. The molecule has 2 amide bonds. The van der Waals surface area contributed by atoms with E-state index in [2.05, 4.69) is 21.9 Å². The third-order valence-corrected chi connectivity index (χ3v) is 7.97. The van der Waals surface area contributed by atoms with Gasteiger partial charge in [-0.2, -0.15) is 13.2 Å². The average molecular weight is 562 g/mol. The minimum Gasteiger partial charge on any atom is -0.382 e. The molecule has 1 saturated heterocycles. The molecular formula is C29H26F3N7O2. The van der Waals surface area contributed by atoms with Gasteiger partial charge in [0.25, 0.3) is 5.91 Å². The number of amides is 2. The second-order valence-corrected chi connectivity index (χ2v) is 10.3. The van der Waals surface area contributed by atoms with E-state index in [1.165, 1.54) is 6.08 Å². The zero-order valence-corrected chi connectivity index (χ0v) is 21.8. The molecule has 9 nitrogen and oxygen atoms in total. The molecule has 4 heterocycles. The van der Waals surface area contributed by atoms with Gasteiger partial charge in [-0.25, -0.2) is 15.0 Å². The number of fused-ring (bicyclic) bond motifs is 2. The molecule has 1 saturated carbocycles. The molecule has 0 bridgehead atoms. The number of halogens is 3. The van der Waals surface area contributed by atoms with E-state index in [0.29, 0.717) is 35.1 Å². The van der Waals surface area contributed by atoms with Crippen LogP contribution in [-0.2, 0) is 11.0 Å². The highest BCUT2D eigenvalue weighted by atomic mass is 19.4. The molecule has 3 atom stereocenters. The van der Waals surface area contributed by atoms with Gasteiger partial charge in [0, 0.05) is 36.3 Å². The van der Waals surface area contributed by atoms with Gasteiger partial charge < -0.3 is 16.0 Å². The first-order valence-electron chi connectivity index (χ1n) is 13.2. The number of carbonyl (C=O) groups excluding carboxylic acids is 2. The largest absolute Gasteiger partial charge is 0.416 e. The number of alkyl halides is 3. The number of rotatable bonds is 5. The number of anilines is 2. The first kappa shape index (κ1) is 26.5. The van der Waals surface area contributed by atoms with Crippen molar-refractivity contribution in [3.05, 3.63) is 84.6 Å². The molecule has 2 aliphatic rings. The summed E-state index contributed by atoms with van der Waals surface area (Å²) in [4.78, 5) is 40.5. The SMILES string of the molecule is C=CC(=O)N1CC2CCCC2[C@H]1c1nc(-c2ccc(C(=O)Nc3cc(C(F)(F)F)ccn3)cc2)c2c(N)nccn12. The predicted molar refractivity (Wildman–Crippen MR) is 146 cm³/mol. The standard InChI is InChI=1S/C29H26F3N7O2/c1-2-22(40)39-15-18-4-3-5-20(18)24(39)27-37-23(25-26(33)35-12-13-38(25)27)16-6-8-17(9-7-16)28(41)36-21-14-19(10-11-34-21)29(30,31)32/h2,6-14,18,20,24H,1,3-5,15H2,(H2,33,35)(H,34,36,41)/t18?,20?,24-/m0/s1. The van der Waals surface area contributed by atoms with Crippen LogP contribution in [0.5, 0.6) is 0 Å². The van der Waals surface area contributed by atoms with Crippen LogP contribution in [0, 0.1) is 11.8 Å². The van der Waals surface area contributed by atoms with E-state index < -0.39 is 17.6 Å².